The van der Waals surface area contributed by atoms with Gasteiger partial charge in [-0.3, -0.25) is 14.5 Å². The van der Waals surface area contributed by atoms with Gasteiger partial charge < -0.3 is 0 Å². The lowest BCUT2D eigenvalue weighted by atomic mass is 10.0. The average molecular weight is 372 g/mol. The fraction of sp³-hybridized carbons (Fsp3) is 0.263. The van der Waals surface area contributed by atoms with Crippen molar-refractivity contribution >= 4 is 27.5 Å². The van der Waals surface area contributed by atoms with Crippen molar-refractivity contribution in [3.05, 3.63) is 60.2 Å². The Morgan fingerprint density at radius 3 is 2.12 bits per heavy atom. The van der Waals surface area contributed by atoms with Gasteiger partial charge in [0.2, 0.25) is 21.8 Å². The fourth-order valence-electron chi connectivity index (χ4n) is 2.86. The molecule has 1 saturated heterocycles. The van der Waals surface area contributed by atoms with E-state index < -0.39 is 10.0 Å². The number of imide groups is 1. The number of hydrogen-bond donors (Lipinski definition) is 1. The molecule has 0 radical (unpaired) electrons. The molecular weight excluding hydrogens is 352 g/mol. The second-order valence-corrected chi connectivity index (χ2v) is 8.05. The van der Waals surface area contributed by atoms with E-state index in [-0.39, 0.29) is 42.0 Å². The molecule has 0 saturated carbocycles. The molecule has 6 nitrogen and oxygen atoms in total. The second-order valence-electron chi connectivity index (χ2n) is 6.28. The maximum absolute atomic E-state index is 12.5. The molecule has 1 atom stereocenters. The molecule has 7 heteroatoms. The minimum Gasteiger partial charge on any atom is -0.274 e. The molecule has 1 aliphatic rings. The van der Waals surface area contributed by atoms with Crippen LogP contribution >= 0.6 is 0 Å². The Kier molecular flexibility index (Phi) is 5.20. The number of carbonyl (C=O) groups excluding carboxylic acids is 2. The summed E-state index contributed by atoms with van der Waals surface area (Å²) in [4.78, 5) is 24.7. The second kappa shape index (κ2) is 7.39. The molecule has 1 aliphatic heterocycles. The van der Waals surface area contributed by atoms with Crippen LogP contribution in [-0.2, 0) is 19.6 Å². The monoisotopic (exact) mass is 372 g/mol. The third-order valence-electron chi connectivity index (χ3n) is 4.40. The van der Waals surface area contributed by atoms with Crippen LogP contribution in [0.25, 0.3) is 0 Å². The first-order chi connectivity index (χ1) is 12.4. The van der Waals surface area contributed by atoms with Crippen molar-refractivity contribution in [2.24, 2.45) is 0 Å². The van der Waals surface area contributed by atoms with Crippen molar-refractivity contribution in [1.82, 2.24) is 4.72 Å². The summed E-state index contributed by atoms with van der Waals surface area (Å²) in [6, 6.07) is 15.4. The fourth-order valence-corrected chi connectivity index (χ4v) is 3.99. The van der Waals surface area contributed by atoms with Gasteiger partial charge in [0, 0.05) is 19.4 Å². The van der Waals surface area contributed by atoms with Crippen LogP contribution in [0.3, 0.4) is 0 Å². The van der Waals surface area contributed by atoms with Crippen molar-refractivity contribution < 1.29 is 18.0 Å². The summed E-state index contributed by atoms with van der Waals surface area (Å²) in [7, 11) is -3.67. The highest BCUT2D eigenvalue weighted by molar-refractivity contribution is 7.89. The standard InChI is InChI=1S/C19H20N2O4S/c1-14(15-5-3-2-4-6-15)13-20-26(24,25)17-9-7-16(8-10-17)21-18(22)11-12-19(21)23/h2-10,14,20H,11-13H2,1H3/t14-/m0/s1. The number of anilines is 1. The number of amides is 2. The minimum absolute atomic E-state index is 0.0325. The topological polar surface area (TPSA) is 83.6 Å². The Hall–Kier alpha value is -2.51. The molecule has 2 amide bonds. The summed E-state index contributed by atoms with van der Waals surface area (Å²) in [5.74, 6) is -0.495. The number of nitrogens with zero attached hydrogens (tertiary/aromatic N) is 1. The molecule has 1 heterocycles. The van der Waals surface area contributed by atoms with E-state index in [1.165, 1.54) is 24.3 Å². The van der Waals surface area contributed by atoms with Crippen molar-refractivity contribution in [2.75, 3.05) is 11.4 Å². The number of hydrogen-bond acceptors (Lipinski definition) is 4. The lowest BCUT2D eigenvalue weighted by Crippen LogP contribution is -2.29. The molecule has 3 rings (SSSR count). The molecule has 0 aromatic heterocycles. The lowest BCUT2D eigenvalue weighted by Gasteiger charge is -2.15. The zero-order chi connectivity index (χ0) is 18.7. The summed E-state index contributed by atoms with van der Waals surface area (Å²) < 4.78 is 27.5. The van der Waals surface area contributed by atoms with E-state index >= 15 is 0 Å². The average Bonchev–Trinajstić information content (AvgIpc) is 2.99. The van der Waals surface area contributed by atoms with Gasteiger partial charge in [0.1, 0.15) is 0 Å². The van der Waals surface area contributed by atoms with Crippen LogP contribution in [0.5, 0.6) is 0 Å². The summed E-state index contributed by atoms with van der Waals surface area (Å²) in [6.45, 7) is 2.22. The van der Waals surface area contributed by atoms with Gasteiger partial charge in [-0.05, 0) is 35.7 Å². The maximum atomic E-state index is 12.5. The molecule has 26 heavy (non-hydrogen) atoms. The highest BCUT2D eigenvalue weighted by atomic mass is 32.2. The molecule has 0 aliphatic carbocycles. The summed E-state index contributed by atoms with van der Waals surface area (Å²) in [6.07, 6.45) is 0.385. The van der Waals surface area contributed by atoms with Gasteiger partial charge in [0.25, 0.3) is 0 Å². The molecule has 1 N–H and O–H groups in total. The predicted octanol–water partition coefficient (Wildman–Crippen LogP) is 2.42. The normalized spacial score (nSPS) is 16.1. The Bertz CT molecular complexity index is 892. The smallest absolute Gasteiger partial charge is 0.240 e. The maximum Gasteiger partial charge on any atom is 0.240 e. The number of rotatable bonds is 6. The Labute approximate surface area is 152 Å². The van der Waals surface area contributed by atoms with Gasteiger partial charge in [-0.2, -0.15) is 0 Å². The van der Waals surface area contributed by atoms with Gasteiger partial charge in [-0.25, -0.2) is 13.1 Å². The van der Waals surface area contributed by atoms with Crippen LogP contribution in [0.4, 0.5) is 5.69 Å². The van der Waals surface area contributed by atoms with Gasteiger partial charge in [0.05, 0.1) is 10.6 Å². The predicted molar refractivity (Wildman–Crippen MR) is 98.2 cm³/mol. The third kappa shape index (κ3) is 3.84. The van der Waals surface area contributed by atoms with E-state index in [4.69, 9.17) is 0 Å². The van der Waals surface area contributed by atoms with E-state index in [9.17, 15) is 18.0 Å². The quantitative estimate of drug-likeness (QED) is 0.790. The van der Waals surface area contributed by atoms with E-state index in [0.29, 0.717) is 5.69 Å². The van der Waals surface area contributed by atoms with E-state index in [2.05, 4.69) is 4.72 Å². The van der Waals surface area contributed by atoms with Crippen molar-refractivity contribution in [3.63, 3.8) is 0 Å². The van der Waals surface area contributed by atoms with Crippen LogP contribution < -0.4 is 9.62 Å². The number of sulfonamides is 1. The number of nitrogens with one attached hydrogen (secondary N) is 1. The zero-order valence-electron chi connectivity index (χ0n) is 14.4. The Morgan fingerprint density at radius 2 is 1.54 bits per heavy atom. The van der Waals surface area contributed by atoms with Gasteiger partial charge >= 0.3 is 0 Å². The number of benzene rings is 2. The van der Waals surface area contributed by atoms with Crippen molar-refractivity contribution in [1.29, 1.82) is 0 Å². The molecule has 0 bridgehead atoms. The Morgan fingerprint density at radius 1 is 0.962 bits per heavy atom. The first-order valence-electron chi connectivity index (χ1n) is 8.39. The summed E-state index contributed by atoms with van der Waals surface area (Å²) in [5.41, 5.74) is 1.45. The van der Waals surface area contributed by atoms with Gasteiger partial charge in [-0.15, -0.1) is 0 Å². The zero-order valence-corrected chi connectivity index (χ0v) is 15.2. The molecule has 136 valence electrons. The van der Waals surface area contributed by atoms with E-state index in [1.807, 2.05) is 37.3 Å². The largest absolute Gasteiger partial charge is 0.274 e. The molecule has 2 aromatic rings. The van der Waals surface area contributed by atoms with Crippen LogP contribution in [0.1, 0.15) is 31.2 Å². The molecule has 1 fully saturated rings. The number of carbonyl (C=O) groups is 2. The highest BCUT2D eigenvalue weighted by Crippen LogP contribution is 2.24. The van der Waals surface area contributed by atoms with Crippen LogP contribution in [-0.4, -0.2) is 26.8 Å². The molecule has 0 unspecified atom stereocenters. The van der Waals surface area contributed by atoms with Gasteiger partial charge in [0.15, 0.2) is 0 Å². The van der Waals surface area contributed by atoms with Crippen LogP contribution in [0.15, 0.2) is 59.5 Å². The van der Waals surface area contributed by atoms with Gasteiger partial charge in [-0.1, -0.05) is 37.3 Å². The SMILES string of the molecule is C[C@@H](CNS(=O)(=O)c1ccc(N2C(=O)CCC2=O)cc1)c1ccccc1. The van der Waals surface area contributed by atoms with Crippen molar-refractivity contribution in [2.45, 2.75) is 30.6 Å². The van der Waals surface area contributed by atoms with Crippen LogP contribution in [0, 0.1) is 0 Å². The van der Waals surface area contributed by atoms with Crippen LogP contribution in [0.2, 0.25) is 0 Å². The minimum atomic E-state index is -3.67. The first kappa shape index (κ1) is 18.3. The highest BCUT2D eigenvalue weighted by Gasteiger charge is 2.30. The first-order valence-corrected chi connectivity index (χ1v) is 9.87. The van der Waals surface area contributed by atoms with E-state index in [0.717, 1.165) is 10.5 Å². The third-order valence-corrected chi connectivity index (χ3v) is 5.84. The molecular formula is C19H20N2O4S. The lowest BCUT2D eigenvalue weighted by molar-refractivity contribution is -0.121. The summed E-state index contributed by atoms with van der Waals surface area (Å²) >= 11 is 0. The van der Waals surface area contributed by atoms with Crippen molar-refractivity contribution in [3.8, 4) is 0 Å². The van der Waals surface area contributed by atoms with E-state index in [1.54, 1.807) is 0 Å². The molecule has 0 spiro atoms. The summed E-state index contributed by atoms with van der Waals surface area (Å²) in [5, 5.41) is 0. The molecule has 2 aromatic carbocycles. The Balaban J connectivity index is 1.69.